The molecule has 1 aromatic rings. The van der Waals surface area contributed by atoms with E-state index in [1.54, 1.807) is 16.7 Å². The molecule has 1 aliphatic carbocycles. The molecule has 0 spiro atoms. The van der Waals surface area contributed by atoms with E-state index in [9.17, 15) is 0 Å². The van der Waals surface area contributed by atoms with Gasteiger partial charge < -0.3 is 0 Å². The summed E-state index contributed by atoms with van der Waals surface area (Å²) in [7, 11) is -1.18. The third-order valence-corrected chi connectivity index (χ3v) is 6.82. The summed E-state index contributed by atoms with van der Waals surface area (Å²) in [5.41, 5.74) is 9.93. The van der Waals surface area contributed by atoms with Gasteiger partial charge in [0.2, 0.25) is 0 Å². The first-order valence-corrected chi connectivity index (χ1v) is 10.1. The SMILES string of the molecule is CC1=C(C)C([Si](C)(C)C)c2ccc(C)c(C)c21. The zero-order valence-electron chi connectivity index (χ0n) is 12.2. The van der Waals surface area contributed by atoms with Crippen molar-refractivity contribution in [2.75, 3.05) is 0 Å². The second kappa shape index (κ2) is 3.84. The van der Waals surface area contributed by atoms with Crippen LogP contribution in [0.1, 0.15) is 41.6 Å². The van der Waals surface area contributed by atoms with Gasteiger partial charge in [-0.05, 0) is 55.5 Å². The van der Waals surface area contributed by atoms with E-state index >= 15 is 0 Å². The molecule has 2 rings (SSSR count). The van der Waals surface area contributed by atoms with Crippen LogP contribution in [0.3, 0.4) is 0 Å². The Labute approximate surface area is 107 Å². The molecule has 0 bridgehead atoms. The summed E-state index contributed by atoms with van der Waals surface area (Å²) in [6.07, 6.45) is 0. The molecule has 0 saturated heterocycles. The van der Waals surface area contributed by atoms with Crippen molar-refractivity contribution in [2.24, 2.45) is 0 Å². The fourth-order valence-corrected chi connectivity index (χ4v) is 6.03. The normalized spacial score (nSPS) is 19.8. The molecule has 0 aliphatic heterocycles. The molecule has 0 amide bonds. The molecular formula is C16H24Si. The predicted molar refractivity (Wildman–Crippen MR) is 80.3 cm³/mol. The molecule has 0 heterocycles. The molecule has 1 aliphatic rings. The minimum atomic E-state index is -1.18. The van der Waals surface area contributed by atoms with E-state index in [0.717, 1.165) is 5.54 Å². The van der Waals surface area contributed by atoms with Crippen molar-refractivity contribution in [1.29, 1.82) is 0 Å². The molecule has 1 aromatic carbocycles. The molecule has 0 nitrogen and oxygen atoms in total. The Bertz CT molecular complexity index is 501. The minimum Gasteiger partial charge on any atom is -0.0688 e. The number of rotatable bonds is 1. The average molecular weight is 244 g/mol. The third-order valence-electron chi connectivity index (χ3n) is 4.34. The molecule has 0 N–H and O–H groups in total. The first-order valence-electron chi connectivity index (χ1n) is 6.53. The van der Waals surface area contributed by atoms with E-state index in [1.807, 2.05) is 0 Å². The summed E-state index contributed by atoms with van der Waals surface area (Å²) in [6.45, 7) is 16.6. The van der Waals surface area contributed by atoms with E-state index in [4.69, 9.17) is 0 Å². The maximum Gasteiger partial charge on any atom is 0.0569 e. The summed E-state index contributed by atoms with van der Waals surface area (Å²) in [5, 5.41) is 0. The summed E-state index contributed by atoms with van der Waals surface area (Å²) in [6, 6.07) is 4.67. The fraction of sp³-hybridized carbons (Fsp3) is 0.500. The largest absolute Gasteiger partial charge is 0.0688 e. The van der Waals surface area contributed by atoms with E-state index < -0.39 is 8.07 Å². The van der Waals surface area contributed by atoms with Gasteiger partial charge in [-0.2, -0.15) is 0 Å². The van der Waals surface area contributed by atoms with Crippen LogP contribution in [0.4, 0.5) is 0 Å². The van der Waals surface area contributed by atoms with E-state index in [-0.39, 0.29) is 0 Å². The van der Waals surface area contributed by atoms with Crippen molar-refractivity contribution < 1.29 is 0 Å². The molecule has 0 saturated carbocycles. The molecular weight excluding hydrogens is 220 g/mol. The molecule has 0 fully saturated rings. The van der Waals surface area contributed by atoms with Crippen LogP contribution in [-0.2, 0) is 0 Å². The van der Waals surface area contributed by atoms with Crippen LogP contribution in [0.2, 0.25) is 19.6 Å². The number of hydrogen-bond acceptors (Lipinski definition) is 0. The predicted octanol–water partition coefficient (Wildman–Crippen LogP) is 5.07. The lowest BCUT2D eigenvalue weighted by atomic mass is 9.96. The van der Waals surface area contributed by atoms with Crippen LogP contribution < -0.4 is 0 Å². The lowest BCUT2D eigenvalue weighted by Gasteiger charge is -2.28. The van der Waals surface area contributed by atoms with Crippen LogP contribution in [-0.4, -0.2) is 8.07 Å². The van der Waals surface area contributed by atoms with E-state index in [1.165, 1.54) is 16.7 Å². The Morgan fingerprint density at radius 1 is 0.941 bits per heavy atom. The molecule has 92 valence electrons. The van der Waals surface area contributed by atoms with Gasteiger partial charge in [-0.3, -0.25) is 0 Å². The third kappa shape index (κ3) is 1.81. The van der Waals surface area contributed by atoms with Crippen molar-refractivity contribution in [2.45, 2.75) is 52.9 Å². The van der Waals surface area contributed by atoms with Gasteiger partial charge in [-0.15, -0.1) is 0 Å². The van der Waals surface area contributed by atoms with Gasteiger partial charge >= 0.3 is 0 Å². The quantitative estimate of drug-likeness (QED) is 0.605. The van der Waals surface area contributed by atoms with Crippen LogP contribution in [0.5, 0.6) is 0 Å². The molecule has 0 aromatic heterocycles. The molecule has 1 atom stereocenters. The highest BCUT2D eigenvalue weighted by Crippen LogP contribution is 2.47. The molecule has 1 unspecified atom stereocenters. The van der Waals surface area contributed by atoms with Gasteiger partial charge in [-0.25, -0.2) is 0 Å². The van der Waals surface area contributed by atoms with Gasteiger partial charge in [0, 0.05) is 5.54 Å². The second-order valence-electron chi connectivity index (χ2n) is 6.58. The molecule has 0 radical (unpaired) electrons. The van der Waals surface area contributed by atoms with Crippen LogP contribution in [0.25, 0.3) is 5.57 Å². The summed E-state index contributed by atoms with van der Waals surface area (Å²) >= 11 is 0. The number of fused-ring (bicyclic) bond motifs is 1. The maximum atomic E-state index is 2.48. The number of benzene rings is 1. The number of hydrogen-bond donors (Lipinski definition) is 0. The zero-order valence-corrected chi connectivity index (χ0v) is 13.2. The number of aryl methyl sites for hydroxylation is 1. The van der Waals surface area contributed by atoms with Crippen molar-refractivity contribution in [3.8, 4) is 0 Å². The highest BCUT2D eigenvalue weighted by Gasteiger charge is 2.37. The average Bonchev–Trinajstić information content (AvgIpc) is 2.46. The first-order chi connectivity index (χ1) is 7.75. The lowest BCUT2D eigenvalue weighted by molar-refractivity contribution is 1.07. The number of allylic oxidation sites excluding steroid dienone is 2. The van der Waals surface area contributed by atoms with Gasteiger partial charge in [0.25, 0.3) is 0 Å². The minimum absolute atomic E-state index is 0.719. The lowest BCUT2D eigenvalue weighted by Crippen LogP contribution is -2.30. The molecule has 17 heavy (non-hydrogen) atoms. The summed E-state index contributed by atoms with van der Waals surface area (Å²) < 4.78 is 0. The Kier molecular flexibility index (Phi) is 2.85. The monoisotopic (exact) mass is 244 g/mol. The highest BCUT2D eigenvalue weighted by atomic mass is 28.3. The Morgan fingerprint density at radius 2 is 1.53 bits per heavy atom. The first kappa shape index (κ1) is 12.6. The fourth-order valence-electron chi connectivity index (χ4n) is 3.34. The van der Waals surface area contributed by atoms with Crippen LogP contribution in [0, 0.1) is 13.8 Å². The van der Waals surface area contributed by atoms with Gasteiger partial charge in [0.05, 0.1) is 8.07 Å². The van der Waals surface area contributed by atoms with Gasteiger partial charge in [0.1, 0.15) is 0 Å². The van der Waals surface area contributed by atoms with Crippen molar-refractivity contribution in [3.05, 3.63) is 40.0 Å². The standard InChI is InChI=1S/C16H24Si/c1-10-8-9-14-15(11(10)2)12(3)13(4)16(14)17(5,6)7/h8-9,16H,1-7H3. The second-order valence-corrected chi connectivity index (χ2v) is 11.9. The van der Waals surface area contributed by atoms with Crippen molar-refractivity contribution >= 4 is 13.6 Å². The van der Waals surface area contributed by atoms with Crippen molar-refractivity contribution in [1.82, 2.24) is 0 Å². The highest BCUT2D eigenvalue weighted by molar-refractivity contribution is 6.78. The summed E-state index contributed by atoms with van der Waals surface area (Å²) in [5.74, 6) is 0. The van der Waals surface area contributed by atoms with Crippen LogP contribution in [0.15, 0.2) is 17.7 Å². The van der Waals surface area contributed by atoms with E-state index in [0.29, 0.717) is 0 Å². The van der Waals surface area contributed by atoms with Crippen molar-refractivity contribution in [3.63, 3.8) is 0 Å². The van der Waals surface area contributed by atoms with E-state index in [2.05, 4.69) is 59.5 Å². The van der Waals surface area contributed by atoms with Crippen LogP contribution >= 0.6 is 0 Å². The Hall–Kier alpha value is -0.823. The van der Waals surface area contributed by atoms with Gasteiger partial charge in [-0.1, -0.05) is 37.3 Å². The smallest absolute Gasteiger partial charge is 0.0569 e. The maximum absolute atomic E-state index is 2.48. The summed E-state index contributed by atoms with van der Waals surface area (Å²) in [4.78, 5) is 0. The van der Waals surface area contributed by atoms with Gasteiger partial charge in [0.15, 0.2) is 0 Å². The Morgan fingerprint density at radius 3 is 2.06 bits per heavy atom. The Balaban J connectivity index is 2.72. The molecule has 1 heteroatoms. The topological polar surface area (TPSA) is 0 Å². The zero-order chi connectivity index (χ0) is 13.0.